The van der Waals surface area contributed by atoms with Crippen LogP contribution in [0.3, 0.4) is 0 Å². The van der Waals surface area contributed by atoms with Crippen molar-refractivity contribution in [3.63, 3.8) is 0 Å². The molecule has 40 heavy (non-hydrogen) atoms. The summed E-state index contributed by atoms with van der Waals surface area (Å²) in [6.45, 7) is 5.11. The summed E-state index contributed by atoms with van der Waals surface area (Å²) in [4.78, 5) is 30.7. The van der Waals surface area contributed by atoms with Crippen LogP contribution in [0.5, 0.6) is 0 Å². The van der Waals surface area contributed by atoms with Crippen molar-refractivity contribution >= 4 is 35.0 Å². The van der Waals surface area contributed by atoms with Gasteiger partial charge in [-0.1, -0.05) is 78.9 Å². The van der Waals surface area contributed by atoms with Crippen molar-refractivity contribution < 1.29 is 9.59 Å². The molecule has 1 saturated heterocycles. The highest BCUT2D eigenvalue weighted by atomic mass is 35.5. The molecule has 2 aromatic carbocycles. The molecule has 7 nitrogen and oxygen atoms in total. The van der Waals surface area contributed by atoms with Gasteiger partial charge in [-0.3, -0.25) is 14.5 Å². The quantitative estimate of drug-likeness (QED) is 0.326. The van der Waals surface area contributed by atoms with Gasteiger partial charge in [0.15, 0.2) is 0 Å². The molecule has 2 amide bonds. The summed E-state index contributed by atoms with van der Waals surface area (Å²) in [5.41, 5.74) is 7.85. The van der Waals surface area contributed by atoms with Gasteiger partial charge in [0.05, 0.1) is 0 Å². The number of carbonyl (C=O) groups excluding carboxylic acids is 2. The van der Waals surface area contributed by atoms with Crippen molar-refractivity contribution in [3.8, 4) is 0 Å². The summed E-state index contributed by atoms with van der Waals surface area (Å²) >= 11 is 12.5. The first-order chi connectivity index (χ1) is 19.4. The Kier molecular flexibility index (Phi) is 11.7. The molecule has 2 aromatic rings. The Morgan fingerprint density at radius 2 is 1.70 bits per heavy atom. The topological polar surface area (TPSA) is 90.7 Å². The third kappa shape index (κ3) is 8.43. The van der Waals surface area contributed by atoms with Crippen LogP contribution < -0.4 is 16.4 Å². The molecular formula is C31H43Cl2N5O2. The van der Waals surface area contributed by atoms with E-state index in [2.05, 4.69) is 45.9 Å². The van der Waals surface area contributed by atoms with Crippen LogP contribution in [0.2, 0.25) is 10.0 Å². The molecule has 1 aliphatic carbocycles. The fourth-order valence-electron chi connectivity index (χ4n) is 6.14. The van der Waals surface area contributed by atoms with Crippen LogP contribution in [0, 0.1) is 0 Å². The van der Waals surface area contributed by atoms with Crippen molar-refractivity contribution in [2.24, 2.45) is 5.73 Å². The summed E-state index contributed by atoms with van der Waals surface area (Å²) < 4.78 is 0. The summed E-state index contributed by atoms with van der Waals surface area (Å²) in [5, 5.41) is 7.69. The van der Waals surface area contributed by atoms with Gasteiger partial charge >= 0.3 is 0 Å². The van der Waals surface area contributed by atoms with E-state index in [1.54, 1.807) is 12.1 Å². The predicted octanol–water partition coefficient (Wildman–Crippen LogP) is 4.05. The van der Waals surface area contributed by atoms with E-state index in [-0.39, 0.29) is 30.3 Å². The number of hydrogen-bond acceptors (Lipinski definition) is 5. The highest BCUT2D eigenvalue weighted by Gasteiger charge is 2.40. The lowest BCUT2D eigenvalue weighted by Crippen LogP contribution is -2.63. The minimum absolute atomic E-state index is 0.0743. The molecule has 1 unspecified atom stereocenters. The Bertz CT molecular complexity index is 1100. The van der Waals surface area contributed by atoms with Crippen molar-refractivity contribution in [1.29, 1.82) is 0 Å². The highest BCUT2D eigenvalue weighted by Crippen LogP contribution is 2.34. The van der Waals surface area contributed by atoms with Crippen LogP contribution in [0.25, 0.3) is 0 Å². The fourth-order valence-corrected chi connectivity index (χ4v) is 6.63. The molecule has 1 heterocycles. The Hall–Kier alpha value is -2.16. The van der Waals surface area contributed by atoms with Gasteiger partial charge in [-0.25, -0.2) is 0 Å². The molecule has 2 aliphatic rings. The summed E-state index contributed by atoms with van der Waals surface area (Å²) in [6, 6.07) is 15.1. The van der Waals surface area contributed by atoms with E-state index in [0.717, 1.165) is 38.2 Å². The lowest BCUT2D eigenvalue weighted by Gasteiger charge is -2.50. The van der Waals surface area contributed by atoms with E-state index in [0.29, 0.717) is 29.6 Å². The second-order valence-corrected chi connectivity index (χ2v) is 12.0. The zero-order chi connectivity index (χ0) is 28.4. The van der Waals surface area contributed by atoms with E-state index in [1.165, 1.54) is 37.7 Å². The molecule has 4 N–H and O–H groups in total. The molecular weight excluding hydrogens is 545 g/mol. The molecule has 218 valence electrons. The third-order valence-electron chi connectivity index (χ3n) is 8.38. The van der Waals surface area contributed by atoms with E-state index < -0.39 is 6.04 Å². The second kappa shape index (κ2) is 15.2. The summed E-state index contributed by atoms with van der Waals surface area (Å²) in [7, 11) is 0. The molecule has 9 heteroatoms. The number of rotatable bonds is 12. The van der Waals surface area contributed by atoms with Gasteiger partial charge in [0, 0.05) is 67.7 Å². The third-order valence-corrected chi connectivity index (χ3v) is 8.96. The Labute approximate surface area is 248 Å². The maximum Gasteiger partial charge on any atom is 0.245 e. The number of carbonyl (C=O) groups is 2. The normalized spacial score (nSPS) is 18.3. The number of nitrogens with two attached hydrogens (primary N) is 1. The first-order valence-corrected chi connectivity index (χ1v) is 15.4. The average Bonchev–Trinajstić information content (AvgIpc) is 2.97. The second-order valence-electron chi connectivity index (χ2n) is 11.1. The predicted molar refractivity (Wildman–Crippen MR) is 163 cm³/mol. The first-order valence-electron chi connectivity index (χ1n) is 14.6. The SMILES string of the molecule is NCCC(=O)NC(Cc1ccc(Cl)cc1Cl)C(=O)N1CCN(C2(CNCCc3ccccc3)CCCCC2)CC1. The molecule has 0 aromatic heterocycles. The summed E-state index contributed by atoms with van der Waals surface area (Å²) in [5.74, 6) is -0.304. The minimum atomic E-state index is -0.701. The van der Waals surface area contributed by atoms with Gasteiger partial charge in [0.2, 0.25) is 11.8 Å². The molecule has 4 rings (SSSR count). The van der Waals surface area contributed by atoms with Gasteiger partial charge in [-0.15, -0.1) is 0 Å². The number of piperazine rings is 1. The van der Waals surface area contributed by atoms with Crippen LogP contribution in [0.1, 0.15) is 49.7 Å². The van der Waals surface area contributed by atoms with Crippen LogP contribution in [0.4, 0.5) is 0 Å². The minimum Gasteiger partial charge on any atom is -0.344 e. The Balaban J connectivity index is 1.37. The average molecular weight is 589 g/mol. The van der Waals surface area contributed by atoms with Crippen molar-refractivity contribution in [2.45, 2.75) is 62.9 Å². The smallest absolute Gasteiger partial charge is 0.245 e. The van der Waals surface area contributed by atoms with Gasteiger partial charge in [-0.05, 0) is 49.1 Å². The highest BCUT2D eigenvalue weighted by molar-refractivity contribution is 6.35. The standard InChI is InChI=1S/C31H43Cl2N5O2/c32-26-10-9-25(27(33)22-26)21-28(36-29(39)11-15-34)30(40)37-17-19-38(20-18-37)31(13-5-2-6-14-31)23-35-16-12-24-7-3-1-4-8-24/h1,3-4,7-10,22,28,35H,2,5-6,11-21,23,34H2,(H,36,39). The van der Waals surface area contributed by atoms with Gasteiger partial charge < -0.3 is 21.3 Å². The number of nitrogens with one attached hydrogen (secondary N) is 2. The molecule has 0 radical (unpaired) electrons. The molecule has 1 saturated carbocycles. The maximum absolute atomic E-state index is 13.7. The van der Waals surface area contributed by atoms with E-state index in [4.69, 9.17) is 28.9 Å². The maximum atomic E-state index is 13.7. The number of halogens is 2. The molecule has 0 spiro atoms. The largest absolute Gasteiger partial charge is 0.344 e. The molecule has 1 atom stereocenters. The fraction of sp³-hybridized carbons (Fsp3) is 0.548. The van der Waals surface area contributed by atoms with Crippen LogP contribution in [-0.4, -0.2) is 79.0 Å². The van der Waals surface area contributed by atoms with E-state index in [1.807, 2.05) is 11.0 Å². The number of nitrogens with zero attached hydrogens (tertiary/aromatic N) is 2. The summed E-state index contributed by atoms with van der Waals surface area (Å²) in [6.07, 6.45) is 7.66. The monoisotopic (exact) mass is 587 g/mol. The zero-order valence-corrected chi connectivity index (χ0v) is 24.9. The molecule has 0 bridgehead atoms. The Morgan fingerprint density at radius 1 is 0.975 bits per heavy atom. The van der Waals surface area contributed by atoms with Crippen LogP contribution >= 0.6 is 23.2 Å². The Morgan fingerprint density at radius 3 is 2.38 bits per heavy atom. The number of amides is 2. The number of benzene rings is 2. The van der Waals surface area contributed by atoms with Gasteiger partial charge in [0.1, 0.15) is 6.04 Å². The first kappa shape index (κ1) is 30.8. The van der Waals surface area contributed by atoms with Crippen molar-refractivity contribution in [2.75, 3.05) is 45.8 Å². The zero-order valence-electron chi connectivity index (χ0n) is 23.3. The van der Waals surface area contributed by atoms with Crippen LogP contribution in [-0.2, 0) is 22.4 Å². The van der Waals surface area contributed by atoms with E-state index >= 15 is 0 Å². The van der Waals surface area contributed by atoms with Crippen molar-refractivity contribution in [3.05, 3.63) is 69.7 Å². The lowest BCUT2D eigenvalue weighted by molar-refractivity contribution is -0.139. The van der Waals surface area contributed by atoms with Gasteiger partial charge in [0.25, 0.3) is 0 Å². The number of hydrogen-bond donors (Lipinski definition) is 3. The van der Waals surface area contributed by atoms with E-state index in [9.17, 15) is 9.59 Å². The lowest BCUT2D eigenvalue weighted by atomic mass is 9.79. The molecule has 1 aliphatic heterocycles. The molecule has 2 fully saturated rings. The van der Waals surface area contributed by atoms with Gasteiger partial charge in [-0.2, -0.15) is 0 Å². The van der Waals surface area contributed by atoms with Crippen LogP contribution in [0.15, 0.2) is 48.5 Å². The van der Waals surface area contributed by atoms with Crippen molar-refractivity contribution in [1.82, 2.24) is 20.4 Å².